The van der Waals surface area contributed by atoms with Gasteiger partial charge in [-0.2, -0.15) is 10.1 Å². The fourth-order valence-corrected chi connectivity index (χ4v) is 3.39. The Morgan fingerprint density at radius 2 is 1.93 bits per heavy atom. The van der Waals surface area contributed by atoms with Crippen molar-refractivity contribution in [3.63, 3.8) is 0 Å². The van der Waals surface area contributed by atoms with Gasteiger partial charge in [0.25, 0.3) is 5.95 Å². The Morgan fingerprint density at radius 3 is 2.70 bits per heavy atom. The summed E-state index contributed by atoms with van der Waals surface area (Å²) in [7, 11) is 3.23. The maximum atomic E-state index is 14.2. The molecule has 0 aliphatic carbocycles. The van der Waals surface area contributed by atoms with E-state index in [1.165, 1.54) is 0 Å². The van der Waals surface area contributed by atoms with Gasteiger partial charge < -0.3 is 19.1 Å². The average molecular weight is 411 g/mol. The van der Waals surface area contributed by atoms with Crippen molar-refractivity contribution in [1.29, 1.82) is 0 Å². The number of ether oxygens (including phenoxy) is 3. The highest BCUT2D eigenvalue weighted by molar-refractivity contribution is 5.89. The zero-order valence-corrected chi connectivity index (χ0v) is 16.8. The number of hydrogen-bond acceptors (Lipinski definition) is 8. The summed E-state index contributed by atoms with van der Waals surface area (Å²) < 4.78 is 30.3. The van der Waals surface area contributed by atoms with Crippen LogP contribution in [0.3, 0.4) is 0 Å². The van der Waals surface area contributed by atoms with Crippen molar-refractivity contribution < 1.29 is 18.6 Å². The lowest BCUT2D eigenvalue weighted by Crippen LogP contribution is -2.37. The number of fused-ring (bicyclic) bond motifs is 1. The van der Waals surface area contributed by atoms with E-state index in [1.54, 1.807) is 14.2 Å². The van der Waals surface area contributed by atoms with E-state index in [0.717, 1.165) is 28.3 Å². The molecule has 0 atom stereocenters. The Bertz CT molecular complexity index is 1060. The number of hydrogen-bond donors (Lipinski definition) is 0. The van der Waals surface area contributed by atoms with Gasteiger partial charge in [-0.3, -0.25) is 0 Å². The molecule has 3 aromatic rings. The van der Waals surface area contributed by atoms with Gasteiger partial charge in [-0.15, -0.1) is 5.11 Å². The molecule has 1 aliphatic rings. The second kappa shape index (κ2) is 9.00. The highest BCUT2D eigenvalue weighted by atomic mass is 19.1. The summed E-state index contributed by atoms with van der Waals surface area (Å²) in [5.41, 5.74) is 0.869. The number of nitrogens with zero attached hydrogens (tertiary/aromatic N) is 5. The number of halogens is 1. The number of methoxy groups -OCH3 is 2. The van der Waals surface area contributed by atoms with Crippen molar-refractivity contribution >= 4 is 22.5 Å². The maximum absolute atomic E-state index is 14.2. The van der Waals surface area contributed by atoms with Crippen LogP contribution in [0, 0.1) is 5.82 Å². The Labute approximate surface area is 173 Å². The number of rotatable bonds is 6. The molecule has 0 saturated carbocycles. The van der Waals surface area contributed by atoms with Gasteiger partial charge in [0.05, 0.1) is 40.2 Å². The monoisotopic (exact) mass is 411 g/mol. The first-order chi connectivity index (χ1) is 14.7. The maximum Gasteiger partial charge on any atom is 0.270 e. The summed E-state index contributed by atoms with van der Waals surface area (Å²) in [6.45, 7) is 2.45. The first kappa shape index (κ1) is 20.0. The minimum absolute atomic E-state index is 0.106. The van der Waals surface area contributed by atoms with Crippen molar-refractivity contribution in [3.8, 4) is 11.5 Å². The van der Waals surface area contributed by atoms with E-state index in [4.69, 9.17) is 14.2 Å². The van der Waals surface area contributed by atoms with E-state index in [2.05, 4.69) is 20.2 Å². The van der Waals surface area contributed by atoms with Gasteiger partial charge >= 0.3 is 0 Å². The van der Waals surface area contributed by atoms with Crippen molar-refractivity contribution in [2.24, 2.45) is 10.2 Å². The summed E-state index contributed by atoms with van der Waals surface area (Å²) in [4.78, 5) is 9.99. The van der Waals surface area contributed by atoms with E-state index in [0.29, 0.717) is 32.1 Å². The minimum atomic E-state index is -0.487. The van der Waals surface area contributed by atoms with E-state index in [9.17, 15) is 4.39 Å². The predicted molar refractivity (Wildman–Crippen MR) is 110 cm³/mol. The summed E-state index contributed by atoms with van der Waals surface area (Å²) in [6.07, 6.45) is 1.12. The number of morpholine rings is 1. The molecule has 0 unspecified atom stereocenters. The van der Waals surface area contributed by atoms with Gasteiger partial charge in [0, 0.05) is 18.7 Å². The molecule has 2 heterocycles. The van der Waals surface area contributed by atoms with Crippen LogP contribution in [0.5, 0.6) is 11.5 Å². The third-order valence-electron chi connectivity index (χ3n) is 4.93. The fraction of sp³-hybridized carbons (Fsp3) is 0.333. The Hall–Kier alpha value is -3.33. The lowest BCUT2D eigenvalue weighted by atomic mass is 10.0. The van der Waals surface area contributed by atoms with Crippen molar-refractivity contribution in [2.75, 3.05) is 45.4 Å². The fourth-order valence-electron chi connectivity index (χ4n) is 3.39. The highest BCUT2D eigenvalue weighted by Crippen LogP contribution is 2.31. The molecule has 2 aromatic carbocycles. The Balaban J connectivity index is 1.61. The third kappa shape index (κ3) is 4.16. The van der Waals surface area contributed by atoms with E-state index >= 15 is 0 Å². The van der Waals surface area contributed by atoms with Crippen LogP contribution >= 0.6 is 0 Å². The zero-order chi connectivity index (χ0) is 20.9. The van der Waals surface area contributed by atoms with Crippen LogP contribution in [0.15, 0.2) is 46.8 Å². The van der Waals surface area contributed by atoms with E-state index in [-0.39, 0.29) is 18.3 Å². The molecule has 0 N–H and O–H groups in total. The van der Waals surface area contributed by atoms with Gasteiger partial charge in [-0.25, -0.2) is 9.37 Å². The molecule has 1 fully saturated rings. The van der Waals surface area contributed by atoms with Crippen LogP contribution in [0.1, 0.15) is 5.56 Å². The highest BCUT2D eigenvalue weighted by Gasteiger charge is 2.18. The van der Waals surface area contributed by atoms with E-state index < -0.39 is 5.82 Å². The molecule has 8 nitrogen and oxygen atoms in total. The summed E-state index contributed by atoms with van der Waals surface area (Å²) in [6, 6.07) is 9.69. The molecule has 1 aliphatic heterocycles. The molecule has 1 aromatic heterocycles. The quantitative estimate of drug-likeness (QED) is 0.572. The van der Waals surface area contributed by atoms with Gasteiger partial charge in [0.1, 0.15) is 11.5 Å². The smallest absolute Gasteiger partial charge is 0.270 e. The molecule has 0 bridgehead atoms. The van der Waals surface area contributed by atoms with Crippen molar-refractivity contribution in [1.82, 2.24) is 9.97 Å². The topological polar surface area (TPSA) is 81.4 Å². The summed E-state index contributed by atoms with van der Waals surface area (Å²) in [5, 5.41) is 10.4. The average Bonchev–Trinajstić information content (AvgIpc) is 2.80. The molecule has 9 heteroatoms. The normalized spacial score (nSPS) is 14.4. The van der Waals surface area contributed by atoms with Crippen LogP contribution in [-0.4, -0.2) is 50.5 Å². The second-order valence-electron chi connectivity index (χ2n) is 6.67. The number of azo groups is 1. The molecular formula is C21H22FN5O3. The van der Waals surface area contributed by atoms with Crippen LogP contribution in [0.2, 0.25) is 0 Å². The molecular weight excluding hydrogens is 389 g/mol. The van der Waals surface area contributed by atoms with Crippen LogP contribution in [0.4, 0.5) is 16.2 Å². The molecule has 156 valence electrons. The first-order valence-corrected chi connectivity index (χ1v) is 9.56. The molecule has 0 spiro atoms. The Kier molecular flexibility index (Phi) is 5.99. The number of benzene rings is 2. The molecule has 0 radical (unpaired) electrons. The van der Waals surface area contributed by atoms with Crippen molar-refractivity contribution in [2.45, 2.75) is 6.54 Å². The second-order valence-corrected chi connectivity index (χ2v) is 6.67. The van der Waals surface area contributed by atoms with Crippen LogP contribution in [0.25, 0.3) is 10.8 Å². The molecule has 4 rings (SSSR count). The number of aromatic nitrogens is 2. The zero-order valence-electron chi connectivity index (χ0n) is 16.8. The summed E-state index contributed by atoms with van der Waals surface area (Å²) >= 11 is 0. The minimum Gasteiger partial charge on any atom is -0.497 e. The summed E-state index contributed by atoms with van der Waals surface area (Å²) in [5.74, 6) is 1.28. The number of anilines is 1. The third-order valence-corrected chi connectivity index (χ3v) is 4.93. The lowest BCUT2D eigenvalue weighted by molar-refractivity contribution is 0.122. The van der Waals surface area contributed by atoms with Gasteiger partial charge in [0.15, 0.2) is 11.6 Å². The van der Waals surface area contributed by atoms with Crippen molar-refractivity contribution in [3.05, 3.63) is 47.9 Å². The van der Waals surface area contributed by atoms with Gasteiger partial charge in [-0.05, 0) is 29.0 Å². The van der Waals surface area contributed by atoms with Gasteiger partial charge in [0.2, 0.25) is 0 Å². The van der Waals surface area contributed by atoms with Crippen LogP contribution in [-0.2, 0) is 11.3 Å². The first-order valence-electron chi connectivity index (χ1n) is 9.56. The largest absolute Gasteiger partial charge is 0.497 e. The SMILES string of the molecule is COc1ccc2ccc(OC)c(CN=Nc3ncc(F)c(N4CCOCC4)n3)c2c1. The van der Waals surface area contributed by atoms with E-state index in [1.807, 2.05) is 35.2 Å². The standard InChI is InChI=1S/C21H22FN5O3/c1-28-15-5-3-14-4-6-19(29-2)17(16(14)11-15)12-24-26-21-23-13-18(22)20(25-21)27-7-9-30-10-8-27/h3-6,11,13H,7-10,12H2,1-2H3. The molecule has 1 saturated heterocycles. The predicted octanol–water partition coefficient (Wildman–Crippen LogP) is 3.91. The van der Waals surface area contributed by atoms with Gasteiger partial charge in [-0.1, -0.05) is 12.1 Å². The van der Waals surface area contributed by atoms with Crippen LogP contribution < -0.4 is 14.4 Å². The lowest BCUT2D eigenvalue weighted by Gasteiger charge is -2.27. The Morgan fingerprint density at radius 1 is 1.13 bits per heavy atom. The molecule has 0 amide bonds. The molecule has 30 heavy (non-hydrogen) atoms.